The first-order chi connectivity index (χ1) is 7.28. The van der Waals surface area contributed by atoms with Crippen LogP contribution < -0.4 is 5.32 Å². The van der Waals surface area contributed by atoms with Crippen LogP contribution in [0.3, 0.4) is 0 Å². The standard InChI is InChI=1S/C11H20N2O2/c1-15-9-4-11(2-3-11)10(14)13-7-5-12-6-8-13/h12H,2-9H2,1H3. The van der Waals surface area contributed by atoms with Crippen LogP contribution in [0.25, 0.3) is 0 Å². The van der Waals surface area contributed by atoms with Gasteiger partial charge in [0.1, 0.15) is 0 Å². The maximum atomic E-state index is 12.2. The number of hydrogen-bond acceptors (Lipinski definition) is 3. The zero-order chi connectivity index (χ0) is 10.7. The predicted molar refractivity (Wildman–Crippen MR) is 57.6 cm³/mol. The van der Waals surface area contributed by atoms with Crippen LogP contribution >= 0.6 is 0 Å². The van der Waals surface area contributed by atoms with Crippen molar-refractivity contribution in [3.8, 4) is 0 Å². The molecule has 15 heavy (non-hydrogen) atoms. The first-order valence-corrected chi connectivity index (χ1v) is 5.77. The fourth-order valence-corrected chi connectivity index (χ4v) is 2.22. The SMILES string of the molecule is COCCC1(C(=O)N2CCNCC2)CC1. The molecule has 1 aliphatic heterocycles. The highest BCUT2D eigenvalue weighted by molar-refractivity contribution is 5.85. The van der Waals surface area contributed by atoms with Crippen LogP contribution in [-0.4, -0.2) is 50.7 Å². The second kappa shape index (κ2) is 4.49. The van der Waals surface area contributed by atoms with Crippen LogP contribution in [0.4, 0.5) is 0 Å². The minimum atomic E-state index is -0.0483. The summed E-state index contributed by atoms with van der Waals surface area (Å²) in [6.07, 6.45) is 3.00. The molecule has 1 heterocycles. The lowest BCUT2D eigenvalue weighted by molar-refractivity contribution is -0.138. The monoisotopic (exact) mass is 212 g/mol. The minimum Gasteiger partial charge on any atom is -0.385 e. The summed E-state index contributed by atoms with van der Waals surface area (Å²) in [6, 6.07) is 0. The molecule has 1 saturated heterocycles. The third kappa shape index (κ3) is 2.32. The molecule has 2 fully saturated rings. The average Bonchev–Trinajstić information content (AvgIpc) is 3.08. The van der Waals surface area contributed by atoms with Crippen LogP contribution in [0.2, 0.25) is 0 Å². The Morgan fingerprint density at radius 3 is 2.60 bits per heavy atom. The van der Waals surface area contributed by atoms with Gasteiger partial charge in [0, 0.05) is 39.9 Å². The van der Waals surface area contributed by atoms with E-state index in [0.29, 0.717) is 12.5 Å². The van der Waals surface area contributed by atoms with Crippen LogP contribution in [0.15, 0.2) is 0 Å². The smallest absolute Gasteiger partial charge is 0.228 e. The van der Waals surface area contributed by atoms with Crippen molar-refractivity contribution in [2.45, 2.75) is 19.3 Å². The van der Waals surface area contributed by atoms with Gasteiger partial charge in [0.2, 0.25) is 5.91 Å². The number of nitrogens with zero attached hydrogens (tertiary/aromatic N) is 1. The molecule has 0 spiro atoms. The molecule has 0 bridgehead atoms. The normalized spacial score (nSPS) is 23.9. The van der Waals surface area contributed by atoms with E-state index in [4.69, 9.17) is 4.74 Å². The van der Waals surface area contributed by atoms with Gasteiger partial charge in [0.15, 0.2) is 0 Å². The molecule has 0 aromatic heterocycles. The summed E-state index contributed by atoms with van der Waals surface area (Å²) in [5.74, 6) is 0.362. The van der Waals surface area contributed by atoms with E-state index in [0.717, 1.165) is 45.4 Å². The summed E-state index contributed by atoms with van der Waals surface area (Å²) in [6.45, 7) is 4.32. The fourth-order valence-electron chi connectivity index (χ4n) is 2.22. The van der Waals surface area contributed by atoms with Gasteiger partial charge in [-0.3, -0.25) is 4.79 Å². The number of carbonyl (C=O) groups is 1. The maximum absolute atomic E-state index is 12.2. The lowest BCUT2D eigenvalue weighted by Crippen LogP contribution is -2.49. The predicted octanol–water partition coefficient (Wildman–Crippen LogP) is 0.235. The number of carbonyl (C=O) groups excluding carboxylic acids is 1. The van der Waals surface area contributed by atoms with Crippen LogP contribution in [0, 0.1) is 5.41 Å². The summed E-state index contributed by atoms with van der Waals surface area (Å²) in [4.78, 5) is 14.2. The molecule has 0 unspecified atom stereocenters. The van der Waals surface area contributed by atoms with Gasteiger partial charge in [-0.15, -0.1) is 0 Å². The first kappa shape index (κ1) is 10.9. The van der Waals surface area contributed by atoms with E-state index in [1.165, 1.54) is 0 Å². The van der Waals surface area contributed by atoms with Crippen molar-refractivity contribution in [1.82, 2.24) is 10.2 Å². The average molecular weight is 212 g/mol. The molecule has 86 valence electrons. The van der Waals surface area contributed by atoms with E-state index in [2.05, 4.69) is 5.32 Å². The molecule has 0 aromatic carbocycles. The first-order valence-electron chi connectivity index (χ1n) is 5.77. The van der Waals surface area contributed by atoms with E-state index in [1.807, 2.05) is 4.90 Å². The molecule has 1 aliphatic carbocycles. The van der Waals surface area contributed by atoms with E-state index < -0.39 is 0 Å². The highest BCUT2D eigenvalue weighted by Crippen LogP contribution is 2.50. The van der Waals surface area contributed by atoms with Crippen LogP contribution in [0.5, 0.6) is 0 Å². The molecule has 0 atom stereocenters. The molecule has 1 saturated carbocycles. The maximum Gasteiger partial charge on any atom is 0.228 e. The Balaban J connectivity index is 1.88. The summed E-state index contributed by atoms with van der Waals surface area (Å²) in [5, 5.41) is 3.27. The number of ether oxygens (including phenoxy) is 1. The van der Waals surface area contributed by atoms with Crippen molar-refractivity contribution < 1.29 is 9.53 Å². The van der Waals surface area contributed by atoms with Gasteiger partial charge in [-0.1, -0.05) is 0 Å². The molecule has 1 amide bonds. The Labute approximate surface area is 91.0 Å². The summed E-state index contributed by atoms with van der Waals surface area (Å²) < 4.78 is 5.07. The van der Waals surface area contributed by atoms with Crippen molar-refractivity contribution in [3.05, 3.63) is 0 Å². The summed E-state index contributed by atoms with van der Waals surface area (Å²) in [7, 11) is 1.70. The Morgan fingerprint density at radius 1 is 1.40 bits per heavy atom. The molecule has 2 aliphatic rings. The second-order valence-corrected chi connectivity index (χ2v) is 4.57. The van der Waals surface area contributed by atoms with E-state index >= 15 is 0 Å². The third-order valence-electron chi connectivity index (χ3n) is 3.50. The van der Waals surface area contributed by atoms with Gasteiger partial charge in [0.05, 0.1) is 5.41 Å². The second-order valence-electron chi connectivity index (χ2n) is 4.57. The Morgan fingerprint density at radius 2 is 2.07 bits per heavy atom. The topological polar surface area (TPSA) is 41.6 Å². The van der Waals surface area contributed by atoms with Crippen molar-refractivity contribution in [2.75, 3.05) is 39.9 Å². The Kier molecular flexibility index (Phi) is 3.26. The Hall–Kier alpha value is -0.610. The van der Waals surface area contributed by atoms with Crippen LogP contribution in [-0.2, 0) is 9.53 Å². The largest absolute Gasteiger partial charge is 0.385 e. The van der Waals surface area contributed by atoms with Gasteiger partial charge in [-0.2, -0.15) is 0 Å². The molecular formula is C11H20N2O2. The number of nitrogens with one attached hydrogen (secondary N) is 1. The van der Waals surface area contributed by atoms with E-state index in [9.17, 15) is 4.79 Å². The Bertz CT molecular complexity index is 233. The zero-order valence-corrected chi connectivity index (χ0v) is 9.42. The number of piperazine rings is 1. The lowest BCUT2D eigenvalue weighted by Gasteiger charge is -2.31. The van der Waals surface area contributed by atoms with E-state index in [1.54, 1.807) is 7.11 Å². The molecule has 2 rings (SSSR count). The van der Waals surface area contributed by atoms with Crippen LogP contribution in [0.1, 0.15) is 19.3 Å². The molecule has 0 radical (unpaired) electrons. The van der Waals surface area contributed by atoms with Gasteiger partial charge in [-0.25, -0.2) is 0 Å². The summed E-state index contributed by atoms with van der Waals surface area (Å²) in [5.41, 5.74) is -0.0483. The van der Waals surface area contributed by atoms with Crippen molar-refractivity contribution >= 4 is 5.91 Å². The summed E-state index contributed by atoms with van der Waals surface area (Å²) >= 11 is 0. The van der Waals surface area contributed by atoms with Gasteiger partial charge in [-0.05, 0) is 19.3 Å². The number of methoxy groups -OCH3 is 1. The zero-order valence-electron chi connectivity index (χ0n) is 9.42. The molecule has 4 heteroatoms. The quantitative estimate of drug-likeness (QED) is 0.725. The van der Waals surface area contributed by atoms with Gasteiger partial charge >= 0.3 is 0 Å². The number of amides is 1. The third-order valence-corrected chi connectivity index (χ3v) is 3.50. The molecule has 1 N–H and O–H groups in total. The van der Waals surface area contributed by atoms with Gasteiger partial charge in [0.25, 0.3) is 0 Å². The molecular weight excluding hydrogens is 192 g/mol. The fraction of sp³-hybridized carbons (Fsp3) is 0.909. The van der Waals surface area contributed by atoms with Crippen molar-refractivity contribution in [3.63, 3.8) is 0 Å². The van der Waals surface area contributed by atoms with E-state index in [-0.39, 0.29) is 5.41 Å². The number of hydrogen-bond donors (Lipinski definition) is 1. The highest BCUT2D eigenvalue weighted by Gasteiger charge is 2.50. The molecule has 0 aromatic rings. The minimum absolute atomic E-state index is 0.0483. The van der Waals surface area contributed by atoms with Crippen molar-refractivity contribution in [2.24, 2.45) is 5.41 Å². The molecule has 4 nitrogen and oxygen atoms in total. The van der Waals surface area contributed by atoms with Gasteiger partial charge < -0.3 is 15.0 Å². The lowest BCUT2D eigenvalue weighted by atomic mass is 10.0. The number of rotatable bonds is 4. The highest BCUT2D eigenvalue weighted by atomic mass is 16.5. The van der Waals surface area contributed by atoms with Crippen molar-refractivity contribution in [1.29, 1.82) is 0 Å².